The van der Waals surface area contributed by atoms with Crippen LogP contribution in [-0.4, -0.2) is 30.6 Å². The average Bonchev–Trinajstić information content (AvgIpc) is 3.17. The molecule has 1 amide bonds. The van der Waals surface area contributed by atoms with Gasteiger partial charge in [-0.05, 0) is 55.0 Å². The van der Waals surface area contributed by atoms with E-state index in [4.69, 9.17) is 5.73 Å². The Hall–Kier alpha value is -3.95. The summed E-state index contributed by atoms with van der Waals surface area (Å²) in [6, 6.07) is 10.9. The van der Waals surface area contributed by atoms with E-state index < -0.39 is 11.7 Å². The molecule has 4 aromatic rings. The third-order valence-electron chi connectivity index (χ3n) is 5.20. The largest absolute Gasteiger partial charge is 0.417 e. The number of nitrogen functional groups attached to an aromatic ring is 1. The van der Waals surface area contributed by atoms with Gasteiger partial charge >= 0.3 is 6.18 Å². The van der Waals surface area contributed by atoms with Crippen LogP contribution in [0, 0.1) is 6.92 Å². The number of hydrogen-bond donors (Lipinski definition) is 1. The molecule has 0 aliphatic rings. The minimum absolute atomic E-state index is 0.0184. The number of halogens is 3. The van der Waals surface area contributed by atoms with Crippen LogP contribution in [0.1, 0.15) is 32.9 Å². The Bertz CT molecular complexity index is 1310. The fourth-order valence-electron chi connectivity index (χ4n) is 3.56. The van der Waals surface area contributed by atoms with Crippen molar-refractivity contribution in [2.75, 3.05) is 5.73 Å². The highest BCUT2D eigenvalue weighted by atomic mass is 19.4. The van der Waals surface area contributed by atoms with Crippen LogP contribution < -0.4 is 5.73 Å². The van der Waals surface area contributed by atoms with Crippen LogP contribution in [0.25, 0.3) is 10.9 Å². The molecule has 0 fully saturated rings. The van der Waals surface area contributed by atoms with Crippen molar-refractivity contribution in [3.8, 4) is 0 Å². The minimum Gasteiger partial charge on any atom is -0.384 e. The number of nitrogens with zero attached hydrogens (tertiary/aromatic N) is 5. The molecule has 4 rings (SSSR count). The van der Waals surface area contributed by atoms with Crippen molar-refractivity contribution < 1.29 is 18.0 Å². The SMILES string of the molecule is Cc1cc(N)nc2ccc(C(=O)N(Cc3ccc(C(F)(F)F)cn3)Cc3ccn(C)n3)cc12. The number of amides is 1. The normalized spacial score (nSPS) is 11.7. The van der Waals surface area contributed by atoms with Gasteiger partial charge in [0.05, 0.1) is 35.6 Å². The molecule has 0 radical (unpaired) electrons. The van der Waals surface area contributed by atoms with E-state index in [1.807, 2.05) is 6.92 Å². The molecule has 170 valence electrons. The zero-order chi connectivity index (χ0) is 23.8. The quantitative estimate of drug-likeness (QED) is 0.490. The molecule has 7 nitrogen and oxygen atoms in total. The van der Waals surface area contributed by atoms with E-state index in [0.29, 0.717) is 28.3 Å². The Morgan fingerprint density at radius 3 is 2.48 bits per heavy atom. The van der Waals surface area contributed by atoms with Crippen molar-refractivity contribution in [3.63, 3.8) is 0 Å². The van der Waals surface area contributed by atoms with Crippen LogP contribution in [0.15, 0.2) is 54.9 Å². The Labute approximate surface area is 187 Å². The van der Waals surface area contributed by atoms with Gasteiger partial charge in [-0.3, -0.25) is 14.5 Å². The number of fused-ring (bicyclic) bond motifs is 1. The summed E-state index contributed by atoms with van der Waals surface area (Å²) in [4.78, 5) is 23.2. The molecule has 0 bridgehead atoms. The maximum atomic E-state index is 13.4. The van der Waals surface area contributed by atoms with Crippen molar-refractivity contribution in [1.82, 2.24) is 24.6 Å². The molecule has 0 saturated heterocycles. The first-order valence-electron chi connectivity index (χ1n) is 10.1. The molecule has 2 N–H and O–H groups in total. The van der Waals surface area contributed by atoms with E-state index in [9.17, 15) is 18.0 Å². The van der Waals surface area contributed by atoms with Crippen LogP contribution in [0.4, 0.5) is 19.0 Å². The van der Waals surface area contributed by atoms with E-state index in [2.05, 4.69) is 15.1 Å². The number of anilines is 1. The van der Waals surface area contributed by atoms with Gasteiger partial charge < -0.3 is 10.6 Å². The number of rotatable bonds is 5. The molecule has 0 aliphatic carbocycles. The lowest BCUT2D eigenvalue weighted by Gasteiger charge is -2.22. The minimum atomic E-state index is -4.48. The number of carbonyl (C=O) groups is 1. The molecule has 33 heavy (non-hydrogen) atoms. The van der Waals surface area contributed by atoms with Gasteiger partial charge in [0.2, 0.25) is 0 Å². The van der Waals surface area contributed by atoms with E-state index in [1.165, 1.54) is 11.0 Å². The van der Waals surface area contributed by atoms with E-state index in [1.54, 1.807) is 48.3 Å². The van der Waals surface area contributed by atoms with E-state index >= 15 is 0 Å². The third kappa shape index (κ3) is 4.94. The Morgan fingerprint density at radius 2 is 1.85 bits per heavy atom. The van der Waals surface area contributed by atoms with Gasteiger partial charge in [0, 0.05) is 30.4 Å². The topological polar surface area (TPSA) is 89.9 Å². The van der Waals surface area contributed by atoms with Crippen LogP contribution in [-0.2, 0) is 26.3 Å². The van der Waals surface area contributed by atoms with Gasteiger partial charge in [0.15, 0.2) is 0 Å². The first kappa shape index (κ1) is 22.3. The molecule has 1 aromatic carbocycles. The Kier molecular flexibility index (Phi) is 5.75. The third-order valence-corrected chi connectivity index (χ3v) is 5.20. The number of alkyl halides is 3. The Morgan fingerprint density at radius 1 is 1.09 bits per heavy atom. The molecule has 3 aromatic heterocycles. The lowest BCUT2D eigenvalue weighted by molar-refractivity contribution is -0.137. The maximum Gasteiger partial charge on any atom is 0.417 e. The standard InChI is InChI=1S/C23H21F3N6O/c1-14-9-21(27)29-20-6-3-15(10-19(14)20)22(33)32(13-18-7-8-31(2)30-18)12-17-5-4-16(11-28-17)23(24,25)26/h3-11H,12-13H2,1-2H3,(H2,27,29). The molecule has 10 heteroatoms. The van der Waals surface area contributed by atoms with Crippen molar-refractivity contribution >= 4 is 22.6 Å². The second kappa shape index (κ2) is 8.53. The number of carbonyl (C=O) groups excluding carboxylic acids is 1. The number of pyridine rings is 2. The number of aryl methyl sites for hydroxylation is 2. The predicted octanol–water partition coefficient (Wildman–Crippen LogP) is 4.12. The number of nitrogens with two attached hydrogens (primary N) is 1. The van der Waals surface area contributed by atoms with E-state index in [-0.39, 0.29) is 19.0 Å². The predicted molar refractivity (Wildman–Crippen MR) is 117 cm³/mol. The van der Waals surface area contributed by atoms with Crippen molar-refractivity contribution in [2.24, 2.45) is 7.05 Å². The van der Waals surface area contributed by atoms with Gasteiger partial charge in [-0.15, -0.1) is 0 Å². The van der Waals surface area contributed by atoms with Gasteiger partial charge in [-0.25, -0.2) is 4.98 Å². The number of hydrogen-bond acceptors (Lipinski definition) is 5. The summed E-state index contributed by atoms with van der Waals surface area (Å²) < 4.78 is 40.3. The van der Waals surface area contributed by atoms with E-state index in [0.717, 1.165) is 23.2 Å². The fraction of sp³-hybridized carbons (Fsp3) is 0.217. The smallest absolute Gasteiger partial charge is 0.384 e. The van der Waals surface area contributed by atoms with Gasteiger partial charge in [-0.2, -0.15) is 18.3 Å². The van der Waals surface area contributed by atoms with Crippen molar-refractivity contribution in [3.05, 3.63) is 82.9 Å². The van der Waals surface area contributed by atoms with Gasteiger partial charge in [0.25, 0.3) is 5.91 Å². The summed E-state index contributed by atoms with van der Waals surface area (Å²) in [5.74, 6) is 0.0877. The zero-order valence-corrected chi connectivity index (χ0v) is 18.0. The summed E-state index contributed by atoms with van der Waals surface area (Å²) >= 11 is 0. The monoisotopic (exact) mass is 454 g/mol. The lowest BCUT2D eigenvalue weighted by atomic mass is 10.1. The first-order valence-corrected chi connectivity index (χ1v) is 10.1. The number of aromatic nitrogens is 4. The summed E-state index contributed by atoms with van der Waals surface area (Å²) in [6.45, 7) is 2.07. The molecule has 0 atom stereocenters. The average molecular weight is 454 g/mol. The highest BCUT2D eigenvalue weighted by Crippen LogP contribution is 2.28. The van der Waals surface area contributed by atoms with Gasteiger partial charge in [0.1, 0.15) is 5.82 Å². The number of benzene rings is 1. The van der Waals surface area contributed by atoms with Crippen LogP contribution in [0.2, 0.25) is 0 Å². The summed E-state index contributed by atoms with van der Waals surface area (Å²) in [7, 11) is 1.76. The lowest BCUT2D eigenvalue weighted by Crippen LogP contribution is -2.30. The Balaban J connectivity index is 1.66. The fourth-order valence-corrected chi connectivity index (χ4v) is 3.56. The summed E-state index contributed by atoms with van der Waals surface area (Å²) in [6.07, 6.45) is -1.95. The summed E-state index contributed by atoms with van der Waals surface area (Å²) in [5.41, 5.74) is 7.91. The molecular formula is C23H21F3N6O. The molecular weight excluding hydrogens is 433 g/mol. The van der Waals surface area contributed by atoms with Crippen LogP contribution in [0.5, 0.6) is 0 Å². The van der Waals surface area contributed by atoms with Crippen molar-refractivity contribution in [2.45, 2.75) is 26.2 Å². The second-order valence-corrected chi connectivity index (χ2v) is 7.77. The first-order chi connectivity index (χ1) is 15.6. The van der Waals surface area contributed by atoms with Crippen LogP contribution in [0.3, 0.4) is 0 Å². The molecule has 3 heterocycles. The molecule has 0 spiro atoms. The summed E-state index contributed by atoms with van der Waals surface area (Å²) in [5, 5.41) is 5.11. The van der Waals surface area contributed by atoms with Crippen molar-refractivity contribution in [1.29, 1.82) is 0 Å². The maximum absolute atomic E-state index is 13.4. The molecule has 0 aliphatic heterocycles. The zero-order valence-electron chi connectivity index (χ0n) is 18.0. The van der Waals surface area contributed by atoms with Gasteiger partial charge in [-0.1, -0.05) is 0 Å². The highest BCUT2D eigenvalue weighted by Gasteiger charge is 2.30. The van der Waals surface area contributed by atoms with Crippen LogP contribution >= 0.6 is 0 Å². The molecule has 0 unspecified atom stereocenters. The molecule has 0 saturated carbocycles. The highest BCUT2D eigenvalue weighted by molar-refractivity contribution is 5.98. The second-order valence-electron chi connectivity index (χ2n) is 7.77.